The first-order valence-corrected chi connectivity index (χ1v) is 12.0. The molecule has 5 rings (SSSR count). The van der Waals surface area contributed by atoms with Crippen molar-refractivity contribution >= 4 is 35.0 Å². The van der Waals surface area contributed by atoms with Gasteiger partial charge in [-0.2, -0.15) is 0 Å². The predicted octanol–water partition coefficient (Wildman–Crippen LogP) is 3.87. The molecule has 1 atom stereocenters. The van der Waals surface area contributed by atoms with Crippen LogP contribution < -0.4 is 20.4 Å². The molecule has 5 heterocycles. The summed E-state index contributed by atoms with van der Waals surface area (Å²) >= 11 is 0. The zero-order valence-electron chi connectivity index (χ0n) is 20.8. The number of amides is 3. The lowest BCUT2D eigenvalue weighted by molar-refractivity contribution is 0.0509. The minimum Gasteiger partial charge on any atom is -0.444 e. The summed E-state index contributed by atoms with van der Waals surface area (Å²) in [5, 5.41) is 5.62. The number of hydrogen-bond donors (Lipinski definition) is 2. The molecule has 3 aromatic heterocycles. The van der Waals surface area contributed by atoms with E-state index in [4.69, 9.17) is 4.74 Å². The number of ether oxygens (including phenoxy) is 1. The first-order valence-electron chi connectivity index (χ1n) is 12.0. The van der Waals surface area contributed by atoms with Gasteiger partial charge in [0.15, 0.2) is 5.82 Å². The maximum Gasteiger partial charge on any atom is 0.407 e. The highest BCUT2D eigenvalue weighted by molar-refractivity contribution is 6.03. The lowest BCUT2D eigenvalue weighted by Gasteiger charge is -2.24. The van der Waals surface area contributed by atoms with Crippen molar-refractivity contribution < 1.29 is 18.7 Å². The van der Waals surface area contributed by atoms with Crippen LogP contribution in [0.25, 0.3) is 5.65 Å². The molecular formula is C25H30FN7O3. The molecule has 0 bridgehead atoms. The molecule has 1 fully saturated rings. The SMILES string of the molecule is Cc1cn2cc(NC(=O)N3CCc4c(N5CC[C@@H](NC(=O)OC(C)(C)C)C5)ccnc43)c(F)cc2n1. The number of fused-ring (bicyclic) bond motifs is 2. The number of urea groups is 1. The largest absolute Gasteiger partial charge is 0.444 e. The van der Waals surface area contributed by atoms with E-state index in [1.807, 2.05) is 33.8 Å². The van der Waals surface area contributed by atoms with Crippen molar-refractivity contribution in [2.45, 2.75) is 52.2 Å². The van der Waals surface area contributed by atoms with E-state index in [0.29, 0.717) is 31.0 Å². The summed E-state index contributed by atoms with van der Waals surface area (Å²) in [5.74, 6) is 0.0108. The van der Waals surface area contributed by atoms with Gasteiger partial charge < -0.3 is 24.7 Å². The molecule has 0 radical (unpaired) electrons. The van der Waals surface area contributed by atoms with Gasteiger partial charge in [0, 0.05) is 55.5 Å². The van der Waals surface area contributed by atoms with Crippen molar-refractivity contribution in [1.82, 2.24) is 19.7 Å². The maximum absolute atomic E-state index is 14.6. The average Bonchev–Trinajstić information content (AvgIpc) is 3.50. The standard InChI is InChI=1S/C25H30FN7O3/c1-15-12-32-14-19(18(26)11-21(32)28-15)30-23(34)33-10-7-17-20(5-8-27-22(17)33)31-9-6-16(13-31)29-24(35)36-25(2,3)4/h5,8,11-12,14,16H,6-7,9-10,13H2,1-4H3,(H,29,35)(H,30,34)/t16-/m1/s1. The van der Waals surface area contributed by atoms with Crippen LogP contribution in [-0.2, 0) is 11.2 Å². The van der Waals surface area contributed by atoms with E-state index < -0.39 is 23.5 Å². The molecule has 11 heteroatoms. The molecule has 0 saturated carbocycles. The summed E-state index contributed by atoms with van der Waals surface area (Å²) in [7, 11) is 0. The summed E-state index contributed by atoms with van der Waals surface area (Å²) in [5.41, 5.74) is 2.71. The molecule has 3 amide bonds. The van der Waals surface area contributed by atoms with E-state index in [2.05, 4.69) is 25.5 Å². The Balaban J connectivity index is 1.29. The fourth-order valence-corrected chi connectivity index (χ4v) is 4.75. The number of alkyl carbamates (subject to hydrolysis) is 1. The fourth-order valence-electron chi connectivity index (χ4n) is 4.75. The molecule has 2 aliphatic rings. The first kappa shape index (κ1) is 23.8. The van der Waals surface area contributed by atoms with Crippen molar-refractivity contribution in [1.29, 1.82) is 0 Å². The monoisotopic (exact) mass is 495 g/mol. The van der Waals surface area contributed by atoms with Gasteiger partial charge in [0.05, 0.1) is 17.4 Å². The maximum atomic E-state index is 14.6. The second-order valence-electron chi connectivity index (χ2n) is 10.2. The molecule has 0 spiro atoms. The minimum atomic E-state index is -0.553. The molecule has 3 aromatic rings. The van der Waals surface area contributed by atoms with Crippen LogP contribution in [0.1, 0.15) is 38.4 Å². The molecule has 0 aliphatic carbocycles. The molecule has 0 unspecified atom stereocenters. The smallest absolute Gasteiger partial charge is 0.407 e. The summed E-state index contributed by atoms with van der Waals surface area (Å²) in [6.45, 7) is 9.16. The predicted molar refractivity (Wildman–Crippen MR) is 134 cm³/mol. The van der Waals surface area contributed by atoms with Crippen LogP contribution in [0.5, 0.6) is 0 Å². The van der Waals surface area contributed by atoms with E-state index in [1.54, 1.807) is 16.8 Å². The molecule has 1 saturated heterocycles. The lowest BCUT2D eigenvalue weighted by Crippen LogP contribution is -2.40. The summed E-state index contributed by atoms with van der Waals surface area (Å²) < 4.78 is 21.7. The van der Waals surface area contributed by atoms with E-state index in [0.717, 1.165) is 29.9 Å². The number of aromatic nitrogens is 3. The molecular weight excluding hydrogens is 465 g/mol. The van der Waals surface area contributed by atoms with Crippen molar-refractivity contribution in [2.75, 3.05) is 34.8 Å². The second kappa shape index (κ2) is 8.96. The molecule has 10 nitrogen and oxygen atoms in total. The number of nitrogens with one attached hydrogen (secondary N) is 2. The Kier molecular flexibility index (Phi) is 5.93. The zero-order valence-corrected chi connectivity index (χ0v) is 20.8. The Bertz CT molecular complexity index is 1330. The van der Waals surface area contributed by atoms with Crippen molar-refractivity contribution in [3.8, 4) is 0 Å². The first-order chi connectivity index (χ1) is 17.1. The van der Waals surface area contributed by atoms with Crippen LogP contribution in [0.3, 0.4) is 0 Å². The number of carbonyl (C=O) groups excluding carboxylic acids is 2. The van der Waals surface area contributed by atoms with E-state index in [-0.39, 0.29) is 11.7 Å². The van der Waals surface area contributed by atoms with Gasteiger partial charge in [0.2, 0.25) is 0 Å². The van der Waals surface area contributed by atoms with Crippen LogP contribution in [-0.4, -0.2) is 57.8 Å². The number of anilines is 3. The molecule has 190 valence electrons. The Labute approximate surface area is 208 Å². The quantitative estimate of drug-likeness (QED) is 0.572. The third-order valence-corrected chi connectivity index (χ3v) is 6.25. The van der Waals surface area contributed by atoms with Gasteiger partial charge in [0.1, 0.15) is 17.1 Å². The fraction of sp³-hybridized carbons (Fsp3) is 0.440. The van der Waals surface area contributed by atoms with E-state index in [9.17, 15) is 14.0 Å². The van der Waals surface area contributed by atoms with Crippen molar-refractivity contribution in [2.24, 2.45) is 0 Å². The van der Waals surface area contributed by atoms with Crippen LogP contribution in [0.15, 0.2) is 30.7 Å². The van der Waals surface area contributed by atoms with Gasteiger partial charge in [-0.15, -0.1) is 0 Å². The molecule has 0 aromatic carbocycles. The molecule has 2 aliphatic heterocycles. The Morgan fingerprint density at radius 3 is 2.81 bits per heavy atom. The minimum absolute atomic E-state index is 0.0332. The summed E-state index contributed by atoms with van der Waals surface area (Å²) in [6, 6.07) is 2.76. The lowest BCUT2D eigenvalue weighted by atomic mass is 10.2. The molecule has 36 heavy (non-hydrogen) atoms. The molecule has 2 N–H and O–H groups in total. The number of aryl methyl sites for hydroxylation is 1. The highest BCUT2D eigenvalue weighted by Gasteiger charge is 2.33. The Morgan fingerprint density at radius 1 is 1.22 bits per heavy atom. The van der Waals surface area contributed by atoms with Gasteiger partial charge in [-0.05, 0) is 46.6 Å². The number of nitrogens with zero attached hydrogens (tertiary/aromatic N) is 5. The Morgan fingerprint density at radius 2 is 2.03 bits per heavy atom. The van der Waals surface area contributed by atoms with E-state index in [1.165, 1.54) is 17.2 Å². The normalized spacial score (nSPS) is 17.4. The third-order valence-electron chi connectivity index (χ3n) is 6.25. The van der Waals surface area contributed by atoms with Crippen LogP contribution in [0.4, 0.5) is 31.2 Å². The van der Waals surface area contributed by atoms with Crippen LogP contribution >= 0.6 is 0 Å². The average molecular weight is 496 g/mol. The zero-order chi connectivity index (χ0) is 25.6. The van der Waals surface area contributed by atoms with Gasteiger partial charge in [-0.1, -0.05) is 0 Å². The number of hydrogen-bond acceptors (Lipinski definition) is 6. The number of halogens is 1. The Hall–Kier alpha value is -3.89. The number of imidazole rings is 1. The summed E-state index contributed by atoms with van der Waals surface area (Å²) in [6.07, 6.45) is 5.96. The second-order valence-corrected chi connectivity index (χ2v) is 10.2. The summed E-state index contributed by atoms with van der Waals surface area (Å²) in [4.78, 5) is 37.7. The highest BCUT2D eigenvalue weighted by atomic mass is 19.1. The van der Waals surface area contributed by atoms with E-state index >= 15 is 0 Å². The van der Waals surface area contributed by atoms with Gasteiger partial charge >= 0.3 is 12.1 Å². The van der Waals surface area contributed by atoms with Gasteiger partial charge in [-0.3, -0.25) is 4.90 Å². The van der Waals surface area contributed by atoms with Crippen molar-refractivity contribution in [3.05, 3.63) is 47.8 Å². The van der Waals surface area contributed by atoms with Crippen molar-refractivity contribution in [3.63, 3.8) is 0 Å². The number of rotatable bonds is 3. The highest BCUT2D eigenvalue weighted by Crippen LogP contribution is 2.35. The third kappa shape index (κ3) is 4.77. The topological polar surface area (TPSA) is 104 Å². The van der Waals surface area contributed by atoms with Gasteiger partial charge in [0.25, 0.3) is 0 Å². The van der Waals surface area contributed by atoms with Crippen LogP contribution in [0, 0.1) is 12.7 Å². The van der Waals surface area contributed by atoms with Gasteiger partial charge in [-0.25, -0.2) is 23.9 Å². The van der Waals surface area contributed by atoms with Crippen LogP contribution in [0.2, 0.25) is 0 Å². The number of pyridine rings is 2. The number of carbonyl (C=O) groups is 2.